The van der Waals surface area contributed by atoms with Gasteiger partial charge in [-0.3, -0.25) is 9.36 Å². The van der Waals surface area contributed by atoms with Crippen LogP contribution < -0.4 is 0 Å². The Bertz CT molecular complexity index is 740. The fraction of sp³-hybridized carbons (Fsp3) is 0.375. The summed E-state index contributed by atoms with van der Waals surface area (Å²) in [7, 11) is 1.49. The number of nitrogens with zero attached hydrogens (tertiary/aromatic N) is 4. The topological polar surface area (TPSA) is 88.3 Å². The summed E-state index contributed by atoms with van der Waals surface area (Å²) in [6.07, 6.45) is 1.59. The number of hydrogen-bond donors (Lipinski definition) is 1. The van der Waals surface area contributed by atoms with Gasteiger partial charge in [-0.25, -0.2) is 4.79 Å². The first-order valence-corrected chi connectivity index (χ1v) is 8.32. The number of aryl methyl sites for hydroxylation is 1. The molecule has 0 atom stereocenters. The number of carboxylic acid groups (broad SMARTS) is 1. The van der Waals surface area contributed by atoms with Crippen LogP contribution in [0.3, 0.4) is 0 Å². The number of benzene rings is 1. The molecular weight excluding hydrogens is 328 g/mol. The number of likely N-dealkylation sites (N-methyl/N-ethyl adjacent to an activating group) is 1. The lowest BCUT2D eigenvalue weighted by Crippen LogP contribution is -2.51. The minimum atomic E-state index is -1.26. The van der Waals surface area contributed by atoms with Crippen LogP contribution in [0, 0.1) is 6.92 Å². The van der Waals surface area contributed by atoms with Crippen molar-refractivity contribution in [3.05, 3.63) is 36.2 Å². The fourth-order valence-corrected chi connectivity index (χ4v) is 2.73. The van der Waals surface area contributed by atoms with Crippen molar-refractivity contribution < 1.29 is 14.7 Å². The van der Waals surface area contributed by atoms with E-state index in [0.717, 1.165) is 11.3 Å². The second-order valence-corrected chi connectivity index (χ2v) is 6.87. The Balaban J connectivity index is 2.08. The smallest absolute Gasteiger partial charge is 0.329 e. The molecule has 2 rings (SSSR count). The molecule has 1 amide bonds. The number of hydrogen-bond acceptors (Lipinski definition) is 5. The number of thioether (sulfide) groups is 1. The zero-order valence-corrected chi connectivity index (χ0v) is 14.9. The Labute approximate surface area is 144 Å². The summed E-state index contributed by atoms with van der Waals surface area (Å²) in [4.78, 5) is 24.7. The van der Waals surface area contributed by atoms with Crippen LogP contribution in [0.2, 0.25) is 0 Å². The number of aliphatic carboxylic acids is 1. The number of carboxylic acids is 1. The molecule has 0 saturated carbocycles. The Hall–Kier alpha value is -2.35. The molecule has 0 unspecified atom stereocenters. The molecule has 0 spiro atoms. The van der Waals surface area contributed by atoms with E-state index in [0.29, 0.717) is 5.16 Å². The molecule has 0 fully saturated rings. The first-order chi connectivity index (χ1) is 11.2. The van der Waals surface area contributed by atoms with E-state index >= 15 is 0 Å². The molecule has 1 aromatic heterocycles. The molecule has 0 radical (unpaired) electrons. The number of carbonyl (C=O) groups excluding carboxylic acids is 1. The predicted molar refractivity (Wildman–Crippen MR) is 91.3 cm³/mol. The molecule has 1 N–H and O–H groups in total. The third-order valence-electron chi connectivity index (χ3n) is 3.89. The summed E-state index contributed by atoms with van der Waals surface area (Å²) >= 11 is 1.22. The first-order valence-electron chi connectivity index (χ1n) is 7.33. The lowest BCUT2D eigenvalue weighted by atomic mass is 10.0. The number of amides is 1. The third kappa shape index (κ3) is 3.76. The van der Waals surface area contributed by atoms with Crippen LogP contribution in [-0.4, -0.2) is 55.0 Å². The van der Waals surface area contributed by atoms with Gasteiger partial charge in [0.25, 0.3) is 0 Å². The average Bonchev–Trinajstić information content (AvgIpc) is 3.00. The van der Waals surface area contributed by atoms with Crippen LogP contribution >= 0.6 is 11.8 Å². The van der Waals surface area contributed by atoms with Gasteiger partial charge in [-0.05, 0) is 32.9 Å². The van der Waals surface area contributed by atoms with Crippen LogP contribution in [0.15, 0.2) is 35.7 Å². The van der Waals surface area contributed by atoms with Crippen LogP contribution in [0.5, 0.6) is 0 Å². The quantitative estimate of drug-likeness (QED) is 0.803. The maximum Gasteiger partial charge on any atom is 0.329 e. The summed E-state index contributed by atoms with van der Waals surface area (Å²) in [5, 5.41) is 17.7. The Morgan fingerprint density at radius 3 is 2.50 bits per heavy atom. The molecular formula is C16H20N4O3S. The van der Waals surface area contributed by atoms with E-state index < -0.39 is 11.5 Å². The molecule has 7 nitrogen and oxygen atoms in total. The van der Waals surface area contributed by atoms with Gasteiger partial charge in [-0.1, -0.05) is 29.5 Å². The maximum absolute atomic E-state index is 12.3. The predicted octanol–water partition coefficient (Wildman–Crippen LogP) is 1.99. The molecule has 0 aliphatic heterocycles. The molecule has 2 aromatic rings. The minimum Gasteiger partial charge on any atom is -0.480 e. The van der Waals surface area contributed by atoms with Gasteiger partial charge < -0.3 is 10.0 Å². The number of rotatable bonds is 6. The molecule has 1 heterocycles. The Kier molecular flexibility index (Phi) is 5.28. The van der Waals surface area contributed by atoms with Gasteiger partial charge in [-0.2, -0.15) is 0 Å². The lowest BCUT2D eigenvalue weighted by molar-refractivity contribution is -0.154. The van der Waals surface area contributed by atoms with Crippen LogP contribution in [-0.2, 0) is 9.59 Å². The summed E-state index contributed by atoms with van der Waals surface area (Å²) in [5.41, 5.74) is 0.788. The lowest BCUT2D eigenvalue weighted by Gasteiger charge is -2.31. The minimum absolute atomic E-state index is 0.0811. The first kappa shape index (κ1) is 18.0. The zero-order chi connectivity index (χ0) is 17.9. The molecule has 0 aliphatic carbocycles. The van der Waals surface area contributed by atoms with Crippen LogP contribution in [0.4, 0.5) is 0 Å². The van der Waals surface area contributed by atoms with Gasteiger partial charge in [0.15, 0.2) is 5.16 Å². The zero-order valence-electron chi connectivity index (χ0n) is 14.1. The van der Waals surface area contributed by atoms with Crippen molar-refractivity contribution >= 4 is 23.6 Å². The molecule has 0 aliphatic rings. The summed E-state index contributed by atoms with van der Waals surface area (Å²) in [5.74, 6) is -1.25. The Morgan fingerprint density at radius 1 is 1.29 bits per heavy atom. The van der Waals surface area contributed by atoms with Gasteiger partial charge >= 0.3 is 5.97 Å². The van der Waals surface area contributed by atoms with Gasteiger partial charge in [0.1, 0.15) is 11.9 Å². The van der Waals surface area contributed by atoms with Crippen molar-refractivity contribution in [3.8, 4) is 5.69 Å². The molecule has 128 valence electrons. The monoisotopic (exact) mass is 348 g/mol. The maximum atomic E-state index is 12.3. The highest BCUT2D eigenvalue weighted by Gasteiger charge is 2.35. The standard InChI is InChI=1S/C16H20N4O3S/c1-11-5-7-12(8-6-11)20-10-17-18-15(20)24-9-13(21)19(4)16(2,3)14(22)23/h5-8,10H,9H2,1-4H3,(H,22,23). The van der Waals surface area contributed by atoms with E-state index in [1.807, 2.05) is 31.2 Å². The van der Waals surface area contributed by atoms with Crippen molar-refractivity contribution in [2.24, 2.45) is 0 Å². The Morgan fingerprint density at radius 2 is 1.92 bits per heavy atom. The summed E-state index contributed by atoms with van der Waals surface area (Å²) in [6, 6.07) is 7.87. The molecule has 1 aromatic carbocycles. The largest absolute Gasteiger partial charge is 0.480 e. The van der Waals surface area contributed by atoms with E-state index in [1.165, 1.54) is 37.6 Å². The number of aromatic nitrogens is 3. The van der Waals surface area contributed by atoms with Crippen molar-refractivity contribution in [1.29, 1.82) is 0 Å². The molecule has 0 saturated heterocycles. The second-order valence-electron chi connectivity index (χ2n) is 5.92. The summed E-state index contributed by atoms with van der Waals surface area (Å²) < 4.78 is 1.79. The van der Waals surface area contributed by atoms with Crippen molar-refractivity contribution in [2.45, 2.75) is 31.5 Å². The fourth-order valence-electron chi connectivity index (χ4n) is 1.88. The number of carbonyl (C=O) groups is 2. The van der Waals surface area contributed by atoms with Crippen molar-refractivity contribution in [2.75, 3.05) is 12.8 Å². The van der Waals surface area contributed by atoms with Gasteiger partial charge in [0, 0.05) is 12.7 Å². The van der Waals surface area contributed by atoms with Crippen LogP contribution in [0.25, 0.3) is 5.69 Å². The van der Waals surface area contributed by atoms with Crippen molar-refractivity contribution in [3.63, 3.8) is 0 Å². The van der Waals surface area contributed by atoms with E-state index in [2.05, 4.69) is 10.2 Å². The molecule has 8 heteroatoms. The third-order valence-corrected chi connectivity index (χ3v) is 4.82. The van der Waals surface area contributed by atoms with Crippen LogP contribution in [0.1, 0.15) is 19.4 Å². The van der Waals surface area contributed by atoms with E-state index in [4.69, 9.17) is 0 Å². The van der Waals surface area contributed by atoms with E-state index in [-0.39, 0.29) is 11.7 Å². The van der Waals surface area contributed by atoms with Gasteiger partial charge in [-0.15, -0.1) is 10.2 Å². The highest BCUT2D eigenvalue weighted by molar-refractivity contribution is 7.99. The average molecular weight is 348 g/mol. The summed E-state index contributed by atoms with van der Waals surface area (Å²) in [6.45, 7) is 4.99. The second kappa shape index (κ2) is 7.04. The van der Waals surface area contributed by atoms with Crippen molar-refractivity contribution in [1.82, 2.24) is 19.7 Å². The molecule has 24 heavy (non-hydrogen) atoms. The SMILES string of the molecule is Cc1ccc(-n2cnnc2SCC(=O)N(C)C(C)(C)C(=O)O)cc1. The van der Waals surface area contributed by atoms with E-state index in [9.17, 15) is 14.7 Å². The normalized spacial score (nSPS) is 11.3. The highest BCUT2D eigenvalue weighted by atomic mass is 32.2. The van der Waals surface area contributed by atoms with Gasteiger partial charge in [0.05, 0.1) is 5.75 Å². The highest BCUT2D eigenvalue weighted by Crippen LogP contribution is 2.21. The van der Waals surface area contributed by atoms with Gasteiger partial charge in [0.2, 0.25) is 5.91 Å². The van der Waals surface area contributed by atoms with E-state index in [1.54, 1.807) is 10.9 Å². The molecule has 0 bridgehead atoms.